The Bertz CT molecular complexity index is 461. The molecule has 116 valence electrons. The van der Waals surface area contributed by atoms with Gasteiger partial charge in [0.1, 0.15) is 5.75 Å². The zero-order chi connectivity index (χ0) is 15.7. The molecule has 0 fully saturated rings. The summed E-state index contributed by atoms with van der Waals surface area (Å²) in [6.07, 6.45) is 0. The average Bonchev–Trinajstić information content (AvgIpc) is 2.45. The van der Waals surface area contributed by atoms with Gasteiger partial charge in [-0.15, -0.1) is 0 Å². The molecule has 1 amide bonds. The highest BCUT2D eigenvalue weighted by atomic mass is 16.5. The number of nitrogens with zero attached hydrogens (tertiary/aromatic N) is 1. The van der Waals surface area contributed by atoms with Crippen LogP contribution in [-0.2, 0) is 14.3 Å². The zero-order valence-electron chi connectivity index (χ0n) is 12.2. The van der Waals surface area contributed by atoms with Crippen LogP contribution >= 0.6 is 0 Å². The maximum atomic E-state index is 11.9. The first-order chi connectivity index (χ1) is 10.0. The monoisotopic (exact) mass is 296 g/mol. The predicted molar refractivity (Wildman–Crippen MR) is 77.6 cm³/mol. The van der Waals surface area contributed by atoms with Crippen molar-refractivity contribution in [2.24, 2.45) is 0 Å². The van der Waals surface area contributed by atoms with E-state index < -0.39 is 5.97 Å². The standard InChI is InChI=1S/C14H20N2O5/c1-20-8-7-16(10-14(18)19)9-13(17)15-11-3-5-12(21-2)6-4-11/h3-6H,7-10H2,1-2H3,(H,15,17)(H,18,19). The van der Waals surface area contributed by atoms with Crippen LogP contribution in [0.5, 0.6) is 5.75 Å². The fourth-order valence-electron chi connectivity index (χ4n) is 1.70. The van der Waals surface area contributed by atoms with E-state index in [1.165, 1.54) is 12.0 Å². The lowest BCUT2D eigenvalue weighted by Gasteiger charge is -2.19. The van der Waals surface area contributed by atoms with E-state index >= 15 is 0 Å². The van der Waals surface area contributed by atoms with Crippen LogP contribution < -0.4 is 10.1 Å². The number of nitrogens with one attached hydrogen (secondary N) is 1. The van der Waals surface area contributed by atoms with Crippen molar-refractivity contribution in [1.29, 1.82) is 0 Å². The number of carboxylic acids is 1. The number of benzene rings is 1. The molecule has 0 saturated carbocycles. The first kappa shape index (κ1) is 16.9. The molecule has 0 unspecified atom stereocenters. The summed E-state index contributed by atoms with van der Waals surface area (Å²) in [6.45, 7) is 0.517. The van der Waals surface area contributed by atoms with Crippen LogP contribution in [0.4, 0.5) is 5.69 Å². The van der Waals surface area contributed by atoms with Crippen LogP contribution in [0, 0.1) is 0 Å². The summed E-state index contributed by atoms with van der Waals surface area (Å²) < 4.78 is 9.93. The lowest BCUT2D eigenvalue weighted by atomic mass is 10.3. The van der Waals surface area contributed by atoms with Gasteiger partial charge in [-0.25, -0.2) is 0 Å². The summed E-state index contributed by atoms with van der Waals surface area (Å²) in [7, 11) is 3.09. The number of carbonyl (C=O) groups is 2. The van der Waals surface area contributed by atoms with Crippen LogP contribution in [0.25, 0.3) is 0 Å². The SMILES string of the molecule is COCCN(CC(=O)O)CC(=O)Nc1ccc(OC)cc1. The van der Waals surface area contributed by atoms with Gasteiger partial charge in [-0.1, -0.05) is 0 Å². The summed E-state index contributed by atoms with van der Waals surface area (Å²) >= 11 is 0. The van der Waals surface area contributed by atoms with Crippen molar-refractivity contribution in [2.75, 3.05) is 45.8 Å². The maximum Gasteiger partial charge on any atom is 0.317 e. The second-order valence-electron chi connectivity index (χ2n) is 4.37. The van der Waals surface area contributed by atoms with Gasteiger partial charge in [-0.3, -0.25) is 14.5 Å². The third-order valence-electron chi connectivity index (χ3n) is 2.71. The Kier molecular flexibility index (Phi) is 7.20. The molecular weight excluding hydrogens is 276 g/mol. The first-order valence-corrected chi connectivity index (χ1v) is 6.42. The van der Waals surface area contributed by atoms with Crippen LogP contribution in [0.1, 0.15) is 0 Å². The van der Waals surface area contributed by atoms with E-state index in [0.29, 0.717) is 24.6 Å². The number of hydrogen-bond acceptors (Lipinski definition) is 5. The Morgan fingerprint density at radius 1 is 1.19 bits per heavy atom. The molecule has 0 aliphatic rings. The van der Waals surface area contributed by atoms with Crippen molar-refractivity contribution >= 4 is 17.6 Å². The van der Waals surface area contributed by atoms with Gasteiger partial charge in [0.05, 0.1) is 26.8 Å². The lowest BCUT2D eigenvalue weighted by molar-refractivity contribution is -0.138. The Labute approximate surface area is 123 Å². The number of carboxylic acid groups (broad SMARTS) is 1. The molecule has 0 radical (unpaired) electrons. The van der Waals surface area contributed by atoms with Gasteiger partial charge in [0.25, 0.3) is 0 Å². The third-order valence-corrected chi connectivity index (χ3v) is 2.71. The third kappa shape index (κ3) is 6.73. The van der Waals surface area contributed by atoms with Gasteiger partial charge in [0.15, 0.2) is 0 Å². The summed E-state index contributed by atoms with van der Waals surface area (Å²) in [4.78, 5) is 24.2. The first-order valence-electron chi connectivity index (χ1n) is 6.42. The minimum absolute atomic E-state index is 0.0122. The highest BCUT2D eigenvalue weighted by molar-refractivity contribution is 5.92. The summed E-state index contributed by atoms with van der Waals surface area (Å²) in [5, 5.41) is 11.5. The Hall–Kier alpha value is -2.12. The fraction of sp³-hybridized carbons (Fsp3) is 0.429. The minimum Gasteiger partial charge on any atom is -0.497 e. The minimum atomic E-state index is -0.983. The number of methoxy groups -OCH3 is 2. The molecule has 0 aromatic heterocycles. The quantitative estimate of drug-likeness (QED) is 0.696. The van der Waals surface area contributed by atoms with E-state index in [4.69, 9.17) is 14.6 Å². The Morgan fingerprint density at radius 2 is 1.86 bits per heavy atom. The number of carbonyl (C=O) groups excluding carboxylic acids is 1. The number of ether oxygens (including phenoxy) is 2. The number of rotatable bonds is 9. The smallest absolute Gasteiger partial charge is 0.317 e. The van der Waals surface area contributed by atoms with Crippen molar-refractivity contribution in [3.05, 3.63) is 24.3 Å². The topological polar surface area (TPSA) is 88.1 Å². The number of hydrogen-bond donors (Lipinski definition) is 2. The van der Waals surface area contributed by atoms with E-state index in [0.717, 1.165) is 0 Å². The number of aliphatic carboxylic acids is 1. The molecule has 21 heavy (non-hydrogen) atoms. The molecule has 0 saturated heterocycles. The highest BCUT2D eigenvalue weighted by Crippen LogP contribution is 2.14. The molecule has 0 aliphatic heterocycles. The molecule has 0 spiro atoms. The molecule has 1 aromatic carbocycles. The van der Waals surface area contributed by atoms with Crippen LogP contribution in [0.15, 0.2) is 24.3 Å². The van der Waals surface area contributed by atoms with Gasteiger partial charge in [-0.05, 0) is 24.3 Å². The normalized spacial score (nSPS) is 10.4. The lowest BCUT2D eigenvalue weighted by Crippen LogP contribution is -2.38. The molecule has 0 atom stereocenters. The molecule has 2 N–H and O–H groups in total. The van der Waals surface area contributed by atoms with Crippen molar-refractivity contribution in [2.45, 2.75) is 0 Å². The van der Waals surface area contributed by atoms with Gasteiger partial charge in [0.2, 0.25) is 5.91 Å². The Morgan fingerprint density at radius 3 is 2.38 bits per heavy atom. The largest absolute Gasteiger partial charge is 0.497 e. The fourth-order valence-corrected chi connectivity index (χ4v) is 1.70. The van der Waals surface area contributed by atoms with Gasteiger partial charge >= 0.3 is 5.97 Å². The van der Waals surface area contributed by atoms with Gasteiger partial charge in [-0.2, -0.15) is 0 Å². The summed E-state index contributed by atoms with van der Waals surface area (Å²) in [5.74, 6) is -0.568. The van der Waals surface area contributed by atoms with Crippen molar-refractivity contribution in [1.82, 2.24) is 4.90 Å². The number of anilines is 1. The van der Waals surface area contributed by atoms with Crippen molar-refractivity contribution < 1.29 is 24.2 Å². The van der Waals surface area contributed by atoms with Crippen LogP contribution in [0.3, 0.4) is 0 Å². The van der Waals surface area contributed by atoms with E-state index in [1.54, 1.807) is 31.4 Å². The van der Waals surface area contributed by atoms with Crippen LogP contribution in [0.2, 0.25) is 0 Å². The van der Waals surface area contributed by atoms with E-state index in [9.17, 15) is 9.59 Å². The second kappa shape index (κ2) is 8.93. The molecule has 1 rings (SSSR count). The highest BCUT2D eigenvalue weighted by Gasteiger charge is 2.14. The summed E-state index contributed by atoms with van der Waals surface area (Å²) in [6, 6.07) is 6.89. The molecule has 1 aromatic rings. The molecule has 0 bridgehead atoms. The Balaban J connectivity index is 2.53. The number of amides is 1. The van der Waals surface area contributed by atoms with Crippen molar-refractivity contribution in [3.63, 3.8) is 0 Å². The zero-order valence-corrected chi connectivity index (χ0v) is 12.2. The van der Waals surface area contributed by atoms with E-state index in [1.807, 2.05) is 0 Å². The molecule has 0 heterocycles. The predicted octanol–water partition coefficient (Wildman–Crippen LogP) is 0.667. The second-order valence-corrected chi connectivity index (χ2v) is 4.37. The molecule has 7 heteroatoms. The molecule has 0 aliphatic carbocycles. The average molecular weight is 296 g/mol. The van der Waals surface area contributed by atoms with Crippen LogP contribution in [-0.4, -0.2) is 62.3 Å². The molecular formula is C14H20N2O5. The van der Waals surface area contributed by atoms with E-state index in [2.05, 4.69) is 5.32 Å². The maximum absolute atomic E-state index is 11.9. The van der Waals surface area contributed by atoms with Gasteiger partial charge < -0.3 is 19.9 Å². The van der Waals surface area contributed by atoms with E-state index in [-0.39, 0.29) is 19.0 Å². The van der Waals surface area contributed by atoms with Crippen molar-refractivity contribution in [3.8, 4) is 5.75 Å². The summed E-state index contributed by atoms with van der Waals surface area (Å²) in [5.41, 5.74) is 0.628. The molecule has 7 nitrogen and oxygen atoms in total. The van der Waals surface area contributed by atoms with Gasteiger partial charge in [0, 0.05) is 19.3 Å².